The smallest absolute Gasteiger partial charge is 0.0348 e. The SMILES string of the molecule is C1=CC2=C(C1)C1C3=C(C=CC3)Cc3cccc(c31)C2.C1=CC2=C(C1)C1c3ccccc3Cc3cccc(c31)C2.C1=CC2=C(C1)Cc1cccc3c1C2C1=C(CC=C1)C3.C1=CC2=C(C1)Cc1cccc3c1C2c1ccccc1C3. The van der Waals surface area contributed by atoms with Crippen molar-refractivity contribution in [1.29, 1.82) is 0 Å². The highest BCUT2D eigenvalue weighted by molar-refractivity contribution is 5.68. The minimum absolute atomic E-state index is 0.494. The molecule has 0 bridgehead atoms. The van der Waals surface area contributed by atoms with Gasteiger partial charge in [-0.3, -0.25) is 0 Å². The summed E-state index contributed by atoms with van der Waals surface area (Å²) in [6.07, 6.45) is 44.4. The van der Waals surface area contributed by atoms with Crippen LogP contribution in [0.1, 0.15) is 151 Å². The van der Waals surface area contributed by atoms with Gasteiger partial charge in [0.05, 0.1) is 0 Å². The van der Waals surface area contributed by atoms with Gasteiger partial charge in [-0.05, 0) is 212 Å². The zero-order chi connectivity index (χ0) is 51.0. The van der Waals surface area contributed by atoms with E-state index in [0.29, 0.717) is 23.7 Å². The van der Waals surface area contributed by atoms with Crippen molar-refractivity contribution in [3.63, 3.8) is 0 Å². The molecule has 2 unspecified atom stereocenters. The maximum Gasteiger partial charge on any atom is 0.0348 e. The zero-order valence-electron chi connectivity index (χ0n) is 44.7. The van der Waals surface area contributed by atoms with Gasteiger partial charge in [-0.25, -0.2) is 0 Å². The van der Waals surface area contributed by atoms with Crippen LogP contribution in [0.4, 0.5) is 0 Å². The predicted molar refractivity (Wildman–Crippen MR) is 320 cm³/mol. The first-order valence-corrected chi connectivity index (χ1v) is 29.6. The number of benzene rings is 6. The molecule has 0 nitrogen and oxygen atoms in total. The number of allylic oxidation sites excluding steroid dienone is 24. The number of rotatable bonds is 0. The largest absolute Gasteiger partial charge is 0.0801 e. The Kier molecular flexibility index (Phi) is 10.4. The second-order valence-electron chi connectivity index (χ2n) is 24.5. The zero-order valence-corrected chi connectivity index (χ0v) is 44.7. The molecule has 2 atom stereocenters. The quantitative estimate of drug-likeness (QED) is 0.142. The Labute approximate surface area is 461 Å². The molecule has 0 fully saturated rings. The summed E-state index contributed by atoms with van der Waals surface area (Å²) in [7, 11) is 0. The van der Waals surface area contributed by atoms with Crippen molar-refractivity contribution in [2.24, 2.45) is 0 Å². The normalized spacial score (nSPS) is 22.2. The molecule has 0 aliphatic heterocycles. The van der Waals surface area contributed by atoms with E-state index < -0.39 is 0 Å². The summed E-state index contributed by atoms with van der Waals surface area (Å²) in [6, 6.07) is 45.7. The summed E-state index contributed by atoms with van der Waals surface area (Å²) in [4.78, 5) is 0. The van der Waals surface area contributed by atoms with Gasteiger partial charge >= 0.3 is 0 Å². The van der Waals surface area contributed by atoms with E-state index in [4.69, 9.17) is 0 Å². The lowest BCUT2D eigenvalue weighted by atomic mass is 9.68. The van der Waals surface area contributed by atoms with Crippen LogP contribution >= 0.6 is 0 Å². The van der Waals surface area contributed by atoms with E-state index in [0.717, 1.165) is 51.4 Å². The molecule has 6 aromatic rings. The van der Waals surface area contributed by atoms with Gasteiger partial charge in [-0.1, -0.05) is 228 Å². The molecule has 78 heavy (non-hydrogen) atoms. The molecule has 0 radical (unpaired) electrons. The summed E-state index contributed by atoms with van der Waals surface area (Å²) >= 11 is 0. The molecule has 14 aliphatic carbocycles. The van der Waals surface area contributed by atoms with E-state index in [1.165, 1.54) is 60.8 Å². The van der Waals surface area contributed by atoms with Crippen molar-refractivity contribution in [2.75, 3.05) is 0 Å². The van der Waals surface area contributed by atoms with Crippen LogP contribution in [-0.2, 0) is 51.4 Å². The first-order chi connectivity index (χ1) is 38.7. The lowest BCUT2D eigenvalue weighted by Gasteiger charge is -2.35. The minimum Gasteiger partial charge on any atom is -0.0801 e. The van der Waals surface area contributed by atoms with Crippen molar-refractivity contribution in [2.45, 2.75) is 114 Å². The van der Waals surface area contributed by atoms with Crippen molar-refractivity contribution in [3.05, 3.63) is 350 Å². The molecule has 0 amide bonds. The van der Waals surface area contributed by atoms with Crippen LogP contribution in [0.25, 0.3) is 0 Å². The minimum atomic E-state index is 0.494. The average Bonchev–Trinajstić information content (AvgIpc) is 4.50. The molecule has 0 N–H and O–H groups in total. The monoisotopic (exact) mass is 1000 g/mol. The Balaban J connectivity index is 0.0000000839. The van der Waals surface area contributed by atoms with E-state index in [-0.39, 0.29) is 0 Å². The third-order valence-electron chi connectivity index (χ3n) is 20.5. The highest BCUT2D eigenvalue weighted by Crippen LogP contribution is 2.55. The van der Waals surface area contributed by atoms with Gasteiger partial charge < -0.3 is 0 Å². The Bertz CT molecular complexity index is 3960. The van der Waals surface area contributed by atoms with Gasteiger partial charge in [0, 0.05) is 23.7 Å². The Morgan fingerprint density at radius 3 is 0.987 bits per heavy atom. The molecule has 0 heterocycles. The van der Waals surface area contributed by atoms with E-state index in [2.05, 4.69) is 194 Å². The van der Waals surface area contributed by atoms with Gasteiger partial charge in [-0.15, -0.1) is 0 Å². The van der Waals surface area contributed by atoms with Crippen LogP contribution in [0.2, 0.25) is 0 Å². The molecule has 0 spiro atoms. The molecule has 0 saturated heterocycles. The van der Waals surface area contributed by atoms with Crippen molar-refractivity contribution in [1.82, 2.24) is 0 Å². The second-order valence-corrected chi connectivity index (χ2v) is 24.5. The van der Waals surface area contributed by atoms with E-state index in [9.17, 15) is 0 Å². The van der Waals surface area contributed by atoms with E-state index in [1.807, 2.05) is 0 Å². The van der Waals surface area contributed by atoms with Gasteiger partial charge in [0.25, 0.3) is 0 Å². The third-order valence-corrected chi connectivity index (χ3v) is 20.5. The maximum absolute atomic E-state index is 2.39. The van der Waals surface area contributed by atoms with E-state index in [1.54, 1.807) is 134 Å². The predicted octanol–water partition coefficient (Wildman–Crippen LogP) is 17.9. The van der Waals surface area contributed by atoms with Crippen molar-refractivity contribution in [3.8, 4) is 0 Å². The third kappa shape index (κ3) is 6.97. The average molecular weight is 1000 g/mol. The van der Waals surface area contributed by atoms with Crippen molar-refractivity contribution >= 4 is 0 Å². The Morgan fingerprint density at radius 2 is 0.538 bits per heavy atom. The first kappa shape index (κ1) is 45.2. The summed E-state index contributed by atoms with van der Waals surface area (Å²) in [6.45, 7) is 0. The summed E-state index contributed by atoms with van der Waals surface area (Å²) in [5.41, 5.74) is 44.7. The van der Waals surface area contributed by atoms with Gasteiger partial charge in [-0.2, -0.15) is 0 Å². The fourth-order valence-electron chi connectivity index (χ4n) is 17.3. The van der Waals surface area contributed by atoms with Crippen LogP contribution in [0.15, 0.2) is 261 Å². The standard InChI is InChI=1S/2C20H16.2C19H16/c2*1-2-9-17-13(5-1)11-15-7-3-8-16-12-14-6-4-10-18(14)20(17)19(15)16;2*1-6-14-10-12-4-2-8-16(12)19-17-9-3-5-13(17)11-15(7-1)18(14)19/h1-5,7-10,20H,6,11-12H2;1-9,20H,10-12H2;1-3,6-9,19H,4-5,10-11H2;1-7,19H,8-11H2. The number of hydrogen-bond acceptors (Lipinski definition) is 0. The van der Waals surface area contributed by atoms with Crippen LogP contribution < -0.4 is 0 Å². The topological polar surface area (TPSA) is 0 Å². The fourth-order valence-corrected chi connectivity index (χ4v) is 17.3. The van der Waals surface area contributed by atoms with Crippen LogP contribution in [0, 0.1) is 0 Å². The van der Waals surface area contributed by atoms with Crippen LogP contribution in [0.5, 0.6) is 0 Å². The lowest BCUT2D eigenvalue weighted by molar-refractivity contribution is 0.775. The molecule has 376 valence electrons. The molecule has 20 rings (SSSR count). The lowest BCUT2D eigenvalue weighted by Crippen LogP contribution is -2.21. The second kappa shape index (κ2) is 17.9. The molecular weight excluding hydrogens is 937 g/mol. The molecule has 0 saturated carbocycles. The maximum atomic E-state index is 2.39. The van der Waals surface area contributed by atoms with E-state index >= 15 is 0 Å². The summed E-state index contributed by atoms with van der Waals surface area (Å²) < 4.78 is 0. The molecule has 6 aromatic carbocycles. The summed E-state index contributed by atoms with van der Waals surface area (Å²) in [5.74, 6) is 2.17. The molecular formula is C78H64. The number of fused-ring (bicyclic) bond motifs is 10. The fraction of sp³-hybridized carbons (Fsp3) is 0.231. The Morgan fingerprint density at radius 1 is 0.231 bits per heavy atom. The van der Waals surface area contributed by atoms with Gasteiger partial charge in [0.1, 0.15) is 0 Å². The molecule has 0 heteroatoms. The molecule has 14 aliphatic rings. The van der Waals surface area contributed by atoms with Crippen LogP contribution in [0.3, 0.4) is 0 Å². The van der Waals surface area contributed by atoms with Gasteiger partial charge in [0.2, 0.25) is 0 Å². The number of hydrogen-bond donors (Lipinski definition) is 0. The molecule has 0 aromatic heterocycles. The first-order valence-electron chi connectivity index (χ1n) is 29.6. The Hall–Kier alpha value is -7.80. The van der Waals surface area contributed by atoms with Crippen molar-refractivity contribution < 1.29 is 0 Å². The van der Waals surface area contributed by atoms with Crippen LogP contribution in [-0.4, -0.2) is 0 Å². The summed E-state index contributed by atoms with van der Waals surface area (Å²) in [5, 5.41) is 0. The highest BCUT2D eigenvalue weighted by atomic mass is 14.4. The highest BCUT2D eigenvalue weighted by Gasteiger charge is 2.40. The van der Waals surface area contributed by atoms with Gasteiger partial charge in [0.15, 0.2) is 0 Å².